The van der Waals surface area contributed by atoms with Gasteiger partial charge in [0.1, 0.15) is 0 Å². The van der Waals surface area contributed by atoms with Crippen molar-refractivity contribution in [3.63, 3.8) is 0 Å². The topological polar surface area (TPSA) is 66.4 Å². The quantitative estimate of drug-likeness (QED) is 0.515. The number of amides is 1. The molecule has 8 heteroatoms. The van der Waals surface area contributed by atoms with Gasteiger partial charge >= 0.3 is 0 Å². The second kappa shape index (κ2) is 10.8. The number of hydrogen-bond acceptors (Lipinski definition) is 6. The predicted octanol–water partition coefficient (Wildman–Crippen LogP) is 3.02. The molecule has 0 atom stereocenters. The molecule has 0 bridgehead atoms. The minimum atomic E-state index is -0.122. The van der Waals surface area contributed by atoms with Crippen molar-refractivity contribution in [3.05, 3.63) is 53.1 Å². The first-order valence-corrected chi connectivity index (χ1v) is 10.2. The van der Waals surface area contributed by atoms with Crippen LogP contribution < -0.4 is 19.8 Å². The maximum atomic E-state index is 12.1. The molecule has 160 valence electrons. The fourth-order valence-electron chi connectivity index (χ4n) is 3.38. The fraction of sp³-hybridized carbons (Fsp3) is 0.364. The highest BCUT2D eigenvalue weighted by atomic mass is 35.5. The molecule has 0 aromatic heterocycles. The van der Waals surface area contributed by atoms with Gasteiger partial charge in [0, 0.05) is 44.8 Å². The number of nitrogens with one attached hydrogen (secondary N) is 1. The molecule has 0 aliphatic carbocycles. The van der Waals surface area contributed by atoms with Crippen molar-refractivity contribution in [2.75, 3.05) is 51.8 Å². The molecule has 3 rings (SSSR count). The third-order valence-corrected chi connectivity index (χ3v) is 5.29. The van der Waals surface area contributed by atoms with Gasteiger partial charge < -0.3 is 14.4 Å². The largest absolute Gasteiger partial charge is 0.493 e. The number of piperazine rings is 1. The number of methoxy groups -OCH3 is 2. The second-order valence-corrected chi connectivity index (χ2v) is 7.35. The smallest absolute Gasteiger partial charge is 0.241 e. The number of carbonyl (C=O) groups is 1. The minimum Gasteiger partial charge on any atom is -0.493 e. The van der Waals surface area contributed by atoms with E-state index in [1.807, 2.05) is 6.07 Å². The van der Waals surface area contributed by atoms with E-state index in [9.17, 15) is 4.79 Å². The molecule has 1 saturated heterocycles. The first kappa shape index (κ1) is 21.9. The van der Waals surface area contributed by atoms with Crippen LogP contribution in [0.2, 0.25) is 5.02 Å². The summed E-state index contributed by atoms with van der Waals surface area (Å²) in [5.74, 6) is 0.850. The molecule has 1 N–H and O–H groups in total. The zero-order valence-corrected chi connectivity index (χ0v) is 18.1. The van der Waals surface area contributed by atoms with E-state index in [-0.39, 0.29) is 5.91 Å². The molecule has 0 spiro atoms. The highest BCUT2D eigenvalue weighted by molar-refractivity contribution is 6.32. The van der Waals surface area contributed by atoms with E-state index >= 15 is 0 Å². The van der Waals surface area contributed by atoms with E-state index in [0.717, 1.165) is 26.2 Å². The zero-order chi connectivity index (χ0) is 21.3. The van der Waals surface area contributed by atoms with Gasteiger partial charge in [0.05, 0.1) is 25.5 Å². The molecule has 0 saturated carbocycles. The summed E-state index contributed by atoms with van der Waals surface area (Å²) in [7, 11) is 3.07. The van der Waals surface area contributed by atoms with Gasteiger partial charge in [0.2, 0.25) is 5.91 Å². The number of anilines is 1. The van der Waals surface area contributed by atoms with Gasteiger partial charge in [-0.2, -0.15) is 5.10 Å². The Labute approximate surface area is 182 Å². The van der Waals surface area contributed by atoms with Gasteiger partial charge in [-0.1, -0.05) is 29.8 Å². The minimum absolute atomic E-state index is 0.122. The maximum Gasteiger partial charge on any atom is 0.241 e. The molecular weight excluding hydrogens is 404 g/mol. The van der Waals surface area contributed by atoms with Crippen molar-refractivity contribution in [2.45, 2.75) is 6.42 Å². The van der Waals surface area contributed by atoms with Crippen molar-refractivity contribution < 1.29 is 14.3 Å². The normalized spacial score (nSPS) is 14.7. The standard InChI is InChI=1S/C22H27ClN4O3/c1-29-20-15-17(14-19(23)22(20)30-2)16-24-25-21(28)8-9-26-10-12-27(13-11-26)18-6-4-3-5-7-18/h3-7,14-16H,8-13H2,1-2H3,(H,25,28)/b24-16+. The van der Waals surface area contributed by atoms with Gasteiger partial charge in [-0.15, -0.1) is 0 Å². The van der Waals surface area contributed by atoms with Gasteiger partial charge in [0.25, 0.3) is 0 Å². The maximum absolute atomic E-state index is 12.1. The molecule has 1 aliphatic heterocycles. The average Bonchev–Trinajstić information content (AvgIpc) is 2.78. The van der Waals surface area contributed by atoms with Crippen LogP contribution in [-0.2, 0) is 4.79 Å². The Hall–Kier alpha value is -2.77. The van der Waals surface area contributed by atoms with Gasteiger partial charge in [-0.05, 0) is 29.8 Å². The lowest BCUT2D eigenvalue weighted by Gasteiger charge is -2.36. The highest BCUT2D eigenvalue weighted by Gasteiger charge is 2.17. The van der Waals surface area contributed by atoms with Gasteiger partial charge in [0.15, 0.2) is 11.5 Å². The number of nitrogens with zero attached hydrogens (tertiary/aromatic N) is 3. The Kier molecular flexibility index (Phi) is 7.93. The van der Waals surface area contributed by atoms with E-state index in [4.69, 9.17) is 21.1 Å². The summed E-state index contributed by atoms with van der Waals surface area (Å²) in [4.78, 5) is 16.8. The molecule has 1 heterocycles. The van der Waals surface area contributed by atoms with Crippen molar-refractivity contribution in [1.29, 1.82) is 0 Å². The highest BCUT2D eigenvalue weighted by Crippen LogP contribution is 2.35. The summed E-state index contributed by atoms with van der Waals surface area (Å²) >= 11 is 6.18. The van der Waals surface area contributed by atoms with Crippen LogP contribution in [0.1, 0.15) is 12.0 Å². The number of para-hydroxylation sites is 1. The lowest BCUT2D eigenvalue weighted by Crippen LogP contribution is -2.47. The van der Waals surface area contributed by atoms with Crippen molar-refractivity contribution >= 4 is 29.4 Å². The van der Waals surface area contributed by atoms with E-state index < -0.39 is 0 Å². The summed E-state index contributed by atoms with van der Waals surface area (Å²) in [6, 6.07) is 13.8. The first-order chi connectivity index (χ1) is 14.6. The van der Waals surface area contributed by atoms with Crippen molar-refractivity contribution in [2.24, 2.45) is 5.10 Å². The number of hydrazone groups is 1. The first-order valence-electron chi connectivity index (χ1n) is 9.86. The predicted molar refractivity (Wildman–Crippen MR) is 120 cm³/mol. The molecule has 0 radical (unpaired) electrons. The Morgan fingerprint density at radius 1 is 1.13 bits per heavy atom. The van der Waals surface area contributed by atoms with Crippen LogP contribution >= 0.6 is 11.6 Å². The third kappa shape index (κ3) is 5.87. The van der Waals surface area contributed by atoms with Crippen LogP contribution in [0.4, 0.5) is 5.69 Å². The van der Waals surface area contributed by atoms with Crippen LogP contribution in [0.5, 0.6) is 11.5 Å². The summed E-state index contributed by atoms with van der Waals surface area (Å²) in [5.41, 5.74) is 4.52. The number of hydrogen-bond donors (Lipinski definition) is 1. The van der Waals surface area contributed by atoms with Crippen LogP contribution in [0, 0.1) is 0 Å². The monoisotopic (exact) mass is 430 g/mol. The van der Waals surface area contributed by atoms with Crippen LogP contribution in [0.3, 0.4) is 0 Å². The van der Waals surface area contributed by atoms with E-state index in [1.165, 1.54) is 26.1 Å². The molecule has 1 aliphatic rings. The van der Waals surface area contributed by atoms with Crippen LogP contribution in [0.15, 0.2) is 47.6 Å². The molecule has 2 aromatic rings. The van der Waals surface area contributed by atoms with Crippen molar-refractivity contribution in [1.82, 2.24) is 10.3 Å². The molecule has 1 amide bonds. The number of rotatable bonds is 8. The van der Waals surface area contributed by atoms with E-state index in [1.54, 1.807) is 12.1 Å². The molecule has 2 aromatic carbocycles. The van der Waals surface area contributed by atoms with Gasteiger partial charge in [-0.3, -0.25) is 9.69 Å². The number of ether oxygens (including phenoxy) is 2. The zero-order valence-electron chi connectivity index (χ0n) is 17.3. The number of carbonyl (C=O) groups excluding carboxylic acids is 1. The second-order valence-electron chi connectivity index (χ2n) is 6.95. The molecule has 0 unspecified atom stereocenters. The molecule has 30 heavy (non-hydrogen) atoms. The van der Waals surface area contributed by atoms with Crippen LogP contribution in [-0.4, -0.2) is 64.0 Å². The molecule has 1 fully saturated rings. The average molecular weight is 431 g/mol. The number of benzene rings is 2. The molecular formula is C22H27ClN4O3. The SMILES string of the molecule is COc1cc(/C=N/NC(=O)CCN2CCN(c3ccccc3)CC2)cc(Cl)c1OC. The third-order valence-electron chi connectivity index (χ3n) is 5.01. The summed E-state index contributed by atoms with van der Waals surface area (Å²) in [6.45, 7) is 4.52. The summed E-state index contributed by atoms with van der Waals surface area (Å²) in [6.07, 6.45) is 1.93. The lowest BCUT2D eigenvalue weighted by molar-refractivity contribution is -0.121. The lowest BCUT2D eigenvalue weighted by atomic mass is 10.2. The van der Waals surface area contributed by atoms with Crippen molar-refractivity contribution in [3.8, 4) is 11.5 Å². The van der Waals surface area contributed by atoms with E-state index in [2.05, 4.69) is 44.6 Å². The Morgan fingerprint density at radius 2 is 1.87 bits per heavy atom. The van der Waals surface area contributed by atoms with Gasteiger partial charge in [-0.25, -0.2) is 5.43 Å². The fourth-order valence-corrected chi connectivity index (χ4v) is 3.67. The summed E-state index contributed by atoms with van der Waals surface area (Å²) in [5, 5.41) is 4.44. The molecule has 7 nitrogen and oxygen atoms in total. The Balaban J connectivity index is 1.42. The van der Waals surface area contributed by atoms with Crippen LogP contribution in [0.25, 0.3) is 0 Å². The Bertz CT molecular complexity index is 868. The Morgan fingerprint density at radius 3 is 2.53 bits per heavy atom. The summed E-state index contributed by atoms with van der Waals surface area (Å²) < 4.78 is 10.5. The number of halogens is 1. The van der Waals surface area contributed by atoms with E-state index in [0.29, 0.717) is 35.1 Å².